The standard InChI is InChI=1S/C21H33N5O2/c1-14-17(21(28)23-20-19(14)15(2)24-26(20)4)10-11-18(27)22-12-13-25(3)16-8-6-5-7-9-16/h16H,5-13H2,1-4H3,(H,22,27)(H,23,28). The molecule has 2 aromatic rings. The quantitative estimate of drug-likeness (QED) is 0.763. The van der Waals surface area contributed by atoms with Crippen molar-refractivity contribution < 1.29 is 4.79 Å². The predicted octanol–water partition coefficient (Wildman–Crippen LogP) is 2.19. The van der Waals surface area contributed by atoms with Crippen molar-refractivity contribution in [2.45, 2.75) is 64.8 Å². The van der Waals surface area contributed by atoms with Crippen LogP contribution >= 0.6 is 0 Å². The summed E-state index contributed by atoms with van der Waals surface area (Å²) in [6.07, 6.45) is 7.28. The second-order valence-electron chi connectivity index (χ2n) is 8.11. The van der Waals surface area contributed by atoms with Crippen LogP contribution in [0.1, 0.15) is 55.3 Å². The molecule has 0 spiro atoms. The molecule has 0 unspecified atom stereocenters. The maximum atomic E-state index is 12.5. The minimum Gasteiger partial charge on any atom is -0.355 e. The van der Waals surface area contributed by atoms with Crippen molar-refractivity contribution in [3.8, 4) is 0 Å². The summed E-state index contributed by atoms with van der Waals surface area (Å²) in [5.41, 5.74) is 3.10. The topological polar surface area (TPSA) is 83.0 Å². The second kappa shape index (κ2) is 8.90. The highest BCUT2D eigenvalue weighted by Gasteiger charge is 2.18. The molecule has 3 rings (SSSR count). The molecule has 0 atom stereocenters. The van der Waals surface area contributed by atoms with E-state index in [-0.39, 0.29) is 11.5 Å². The predicted molar refractivity (Wildman–Crippen MR) is 112 cm³/mol. The molecule has 2 N–H and O–H groups in total. The van der Waals surface area contributed by atoms with Crippen LogP contribution in [0.5, 0.6) is 0 Å². The molecule has 1 aliphatic carbocycles. The molecule has 7 heteroatoms. The normalized spacial score (nSPS) is 15.5. The van der Waals surface area contributed by atoms with Crippen LogP contribution in [0.3, 0.4) is 0 Å². The molecular formula is C21H33N5O2. The Hall–Kier alpha value is -2.15. The monoisotopic (exact) mass is 387 g/mol. The number of nitrogens with zero attached hydrogens (tertiary/aromatic N) is 3. The Morgan fingerprint density at radius 3 is 2.71 bits per heavy atom. The number of aryl methyl sites for hydroxylation is 3. The van der Waals surface area contributed by atoms with Crippen LogP contribution in [-0.4, -0.2) is 51.8 Å². The van der Waals surface area contributed by atoms with Gasteiger partial charge in [0.15, 0.2) is 0 Å². The van der Waals surface area contributed by atoms with Gasteiger partial charge in [-0.15, -0.1) is 0 Å². The van der Waals surface area contributed by atoms with Crippen LogP contribution in [-0.2, 0) is 18.3 Å². The number of carbonyl (C=O) groups is 1. The fraction of sp³-hybridized carbons (Fsp3) is 0.667. The van der Waals surface area contributed by atoms with Gasteiger partial charge in [-0.3, -0.25) is 14.3 Å². The van der Waals surface area contributed by atoms with Gasteiger partial charge in [0.05, 0.1) is 5.69 Å². The van der Waals surface area contributed by atoms with Gasteiger partial charge in [0.25, 0.3) is 5.56 Å². The molecule has 7 nitrogen and oxygen atoms in total. The molecule has 0 aliphatic heterocycles. The summed E-state index contributed by atoms with van der Waals surface area (Å²) in [4.78, 5) is 30.0. The Bertz CT molecular complexity index is 892. The van der Waals surface area contributed by atoms with E-state index in [0.717, 1.165) is 28.8 Å². The van der Waals surface area contributed by atoms with Crippen LogP contribution in [0, 0.1) is 13.8 Å². The number of nitrogens with one attached hydrogen (secondary N) is 2. The van der Waals surface area contributed by atoms with Crippen molar-refractivity contribution in [3.05, 3.63) is 27.2 Å². The molecule has 1 saturated carbocycles. The summed E-state index contributed by atoms with van der Waals surface area (Å²) in [6.45, 7) is 5.41. The van der Waals surface area contributed by atoms with Gasteiger partial charge in [0.1, 0.15) is 5.65 Å². The molecule has 28 heavy (non-hydrogen) atoms. The number of carbonyl (C=O) groups excluding carboxylic acids is 1. The molecule has 2 heterocycles. The van der Waals surface area contributed by atoms with Crippen molar-refractivity contribution in [1.29, 1.82) is 0 Å². The molecule has 2 aromatic heterocycles. The second-order valence-corrected chi connectivity index (χ2v) is 8.11. The van der Waals surface area contributed by atoms with Gasteiger partial charge in [0, 0.05) is 43.5 Å². The van der Waals surface area contributed by atoms with Crippen molar-refractivity contribution in [2.24, 2.45) is 7.05 Å². The van der Waals surface area contributed by atoms with Crippen molar-refractivity contribution in [3.63, 3.8) is 0 Å². The van der Waals surface area contributed by atoms with Crippen LogP contribution in [0.15, 0.2) is 4.79 Å². The fourth-order valence-corrected chi connectivity index (χ4v) is 4.46. The highest BCUT2D eigenvalue weighted by molar-refractivity contribution is 5.83. The molecule has 0 radical (unpaired) electrons. The third-order valence-electron chi connectivity index (χ3n) is 6.14. The summed E-state index contributed by atoms with van der Waals surface area (Å²) >= 11 is 0. The molecular weight excluding hydrogens is 354 g/mol. The van der Waals surface area contributed by atoms with Crippen LogP contribution in [0.4, 0.5) is 0 Å². The first-order valence-corrected chi connectivity index (χ1v) is 10.4. The Morgan fingerprint density at radius 2 is 2.00 bits per heavy atom. The third kappa shape index (κ3) is 4.46. The number of aromatic amines is 1. The van der Waals surface area contributed by atoms with Crippen molar-refractivity contribution in [2.75, 3.05) is 20.1 Å². The third-order valence-corrected chi connectivity index (χ3v) is 6.14. The Labute approximate surface area is 166 Å². The fourth-order valence-electron chi connectivity index (χ4n) is 4.46. The minimum atomic E-state index is -0.127. The van der Waals surface area contributed by atoms with Gasteiger partial charge in [-0.2, -0.15) is 5.10 Å². The molecule has 0 saturated heterocycles. The summed E-state index contributed by atoms with van der Waals surface area (Å²) in [7, 11) is 3.97. The molecule has 1 fully saturated rings. The lowest BCUT2D eigenvalue weighted by Crippen LogP contribution is -2.39. The van der Waals surface area contributed by atoms with Crippen LogP contribution < -0.4 is 10.9 Å². The number of hydrogen-bond donors (Lipinski definition) is 2. The SMILES string of the molecule is Cc1nn(C)c2[nH]c(=O)c(CCC(=O)NCCN(C)C3CCCCC3)c(C)c12. The van der Waals surface area contributed by atoms with E-state index in [2.05, 4.69) is 27.3 Å². The van der Waals surface area contributed by atoms with Crippen LogP contribution in [0.25, 0.3) is 11.0 Å². The number of fused-ring (bicyclic) bond motifs is 1. The van der Waals surface area contributed by atoms with Gasteiger partial charge in [-0.05, 0) is 45.7 Å². The number of hydrogen-bond acceptors (Lipinski definition) is 4. The Kier molecular flexibility index (Phi) is 6.54. The maximum absolute atomic E-state index is 12.5. The highest BCUT2D eigenvalue weighted by atomic mass is 16.1. The summed E-state index contributed by atoms with van der Waals surface area (Å²) in [5.74, 6) is -0.00107. The number of H-pyrrole nitrogens is 1. The van der Waals surface area contributed by atoms with Gasteiger partial charge >= 0.3 is 0 Å². The van der Waals surface area contributed by atoms with E-state index in [0.29, 0.717) is 31.0 Å². The zero-order valence-corrected chi connectivity index (χ0v) is 17.6. The van der Waals surface area contributed by atoms with E-state index in [1.807, 2.05) is 20.9 Å². The van der Waals surface area contributed by atoms with E-state index >= 15 is 0 Å². The molecule has 0 aromatic carbocycles. The van der Waals surface area contributed by atoms with E-state index in [4.69, 9.17) is 0 Å². The van der Waals surface area contributed by atoms with Crippen LogP contribution in [0.2, 0.25) is 0 Å². The Balaban J connectivity index is 1.53. The lowest BCUT2D eigenvalue weighted by molar-refractivity contribution is -0.121. The van der Waals surface area contributed by atoms with Gasteiger partial charge in [-0.1, -0.05) is 19.3 Å². The first kappa shape index (κ1) is 20.6. The van der Waals surface area contributed by atoms with Gasteiger partial charge in [-0.25, -0.2) is 0 Å². The first-order valence-electron chi connectivity index (χ1n) is 10.4. The molecule has 154 valence electrons. The summed E-state index contributed by atoms with van der Waals surface area (Å²) in [5, 5.41) is 8.37. The smallest absolute Gasteiger partial charge is 0.253 e. The summed E-state index contributed by atoms with van der Waals surface area (Å²) < 4.78 is 1.69. The zero-order valence-electron chi connectivity index (χ0n) is 17.6. The summed E-state index contributed by atoms with van der Waals surface area (Å²) in [6, 6.07) is 0.654. The lowest BCUT2D eigenvalue weighted by Gasteiger charge is -2.31. The van der Waals surface area contributed by atoms with Gasteiger partial charge < -0.3 is 15.2 Å². The van der Waals surface area contributed by atoms with E-state index in [1.165, 1.54) is 32.1 Å². The molecule has 1 aliphatic rings. The van der Waals surface area contributed by atoms with E-state index in [1.54, 1.807) is 4.68 Å². The Morgan fingerprint density at radius 1 is 1.29 bits per heavy atom. The molecule has 1 amide bonds. The molecule has 0 bridgehead atoms. The number of amides is 1. The average molecular weight is 388 g/mol. The van der Waals surface area contributed by atoms with Crippen molar-refractivity contribution >= 4 is 16.9 Å². The van der Waals surface area contributed by atoms with E-state index in [9.17, 15) is 9.59 Å². The lowest BCUT2D eigenvalue weighted by atomic mass is 9.94. The average Bonchev–Trinajstić information content (AvgIpc) is 2.95. The number of pyridine rings is 1. The van der Waals surface area contributed by atoms with Gasteiger partial charge in [0.2, 0.25) is 5.91 Å². The van der Waals surface area contributed by atoms with Crippen molar-refractivity contribution in [1.82, 2.24) is 25.0 Å². The minimum absolute atomic E-state index is 0.00107. The zero-order chi connectivity index (χ0) is 20.3. The maximum Gasteiger partial charge on any atom is 0.253 e. The largest absolute Gasteiger partial charge is 0.355 e. The van der Waals surface area contributed by atoms with E-state index < -0.39 is 0 Å². The number of aromatic nitrogens is 3. The highest BCUT2D eigenvalue weighted by Crippen LogP contribution is 2.22. The number of likely N-dealkylation sites (N-methyl/N-ethyl adjacent to an activating group) is 1. The number of rotatable bonds is 7. The first-order chi connectivity index (χ1) is 13.4.